The van der Waals surface area contributed by atoms with Crippen LogP contribution < -0.4 is 5.73 Å². The van der Waals surface area contributed by atoms with Crippen LogP contribution in [0.25, 0.3) is 0 Å². The van der Waals surface area contributed by atoms with Gasteiger partial charge in [0.25, 0.3) is 10.1 Å². The maximum Gasteiger partial charge on any atom is 0.312 e. The summed E-state index contributed by atoms with van der Waals surface area (Å²) >= 11 is 10.1. The molecule has 0 aliphatic carbocycles. The number of carbonyl (C=O) groups is 4. The molecule has 25 nitrogen and oxygen atoms in total. The van der Waals surface area contributed by atoms with E-state index in [1.807, 2.05) is 20.8 Å². The molecule has 0 spiro atoms. The number of nitrogens with two attached hydrogens (primary N) is 1. The van der Waals surface area contributed by atoms with Gasteiger partial charge in [0.2, 0.25) is 0 Å². The summed E-state index contributed by atoms with van der Waals surface area (Å²) in [7, 11) is -15.9. The smallest absolute Gasteiger partial charge is 0.312 e. The van der Waals surface area contributed by atoms with Gasteiger partial charge in [-0.25, -0.2) is 51.8 Å². The fraction of sp³-hybridized carbons (Fsp3) is 0.582. The maximum absolute atomic E-state index is 15.1. The van der Waals surface area contributed by atoms with E-state index in [1.165, 1.54) is 42.5 Å². The highest BCUT2D eigenvalue weighted by molar-refractivity contribution is 9.11. The molecule has 0 fully saturated rings. The highest BCUT2D eigenvalue weighted by Crippen LogP contribution is 2.53. The molecule has 0 saturated heterocycles. The monoisotopic (exact) mass is 2070 g/mol. The molecule has 0 unspecified atom stereocenters. The Morgan fingerprint density at radius 2 is 0.766 bits per heavy atom. The van der Waals surface area contributed by atoms with E-state index in [-0.39, 0.29) is 90.8 Å². The van der Waals surface area contributed by atoms with Crippen LogP contribution in [0.15, 0.2) is 153 Å². The van der Waals surface area contributed by atoms with E-state index in [2.05, 4.69) is 65.2 Å². The van der Waals surface area contributed by atoms with Crippen molar-refractivity contribution in [3.63, 3.8) is 0 Å². The standard InChI is InChI=1S/C28H36BrFN2O6S2.C21H30BrFN2O4S.C21H28BrFN2O3S.C21H30FN3O3S/c1-19-8-11-21(12-9-19)40(35,36)37-15-14-31-39(34)18-28(7,22-16-20(29)10-13-23(22)30)32-24(27(39,5)6)17-25(33)38-26(2,3)4;1-19(2,3)29-18(27)12-17-20(4,5)30(28,24-9-10-26)13-21(6,25-17)15-11-14(22)7-8-16(15)23;1-19(2,3)28-18(26)12-16-20(4,5)29(27)17(9-10-24-29)21(6,25-16)14-11-13(22)7-8-15(14)23;1-19(2,3)28-18(26)12-16-20(4,5)29(27)17(9-10-24-29)21(6,25-16)14-11-13(23)7-8-15(14)22/h8-13,16H,14-15,17-18H2,1-7H3;7-8,11,26H,9-10,12-13H2,1-6H3;7-8,11,17H,9-10,12H2,1-6H3;7-8,11,17H,9-10,12,23H2,1-6H3/t28-,39-;21-,30-;2*17-,21-,29+/m0011/s1. The third-order valence-corrected chi connectivity index (χ3v) is 40.0. The molecule has 6 aliphatic heterocycles. The predicted octanol–water partition coefficient (Wildman–Crippen LogP) is 19.0. The van der Waals surface area contributed by atoms with Crippen LogP contribution in [0.1, 0.15) is 233 Å². The minimum Gasteiger partial charge on any atom is -0.460 e. The predicted molar refractivity (Wildman–Crippen MR) is 510 cm³/mol. The summed E-state index contributed by atoms with van der Waals surface area (Å²) in [6.45, 7) is 44.0. The quantitative estimate of drug-likeness (QED) is 0.0194. The fourth-order valence-corrected chi connectivity index (χ4v) is 30.0. The van der Waals surface area contributed by atoms with Crippen LogP contribution >= 0.6 is 47.8 Å². The molecule has 0 bridgehead atoms. The molecule has 0 radical (unpaired) electrons. The summed E-state index contributed by atoms with van der Waals surface area (Å²) in [4.78, 5) is 69.9. The number of aliphatic hydroxyl groups excluding tert-OH is 1. The molecule has 10 atom stereocenters. The molecule has 37 heteroatoms. The van der Waals surface area contributed by atoms with E-state index in [0.29, 0.717) is 67.7 Å². The van der Waals surface area contributed by atoms with Crippen molar-refractivity contribution in [1.82, 2.24) is 0 Å². The summed E-state index contributed by atoms with van der Waals surface area (Å²) in [6.07, 6.45) is 0.434. The molecule has 0 aromatic heterocycles. The maximum atomic E-state index is 15.1. The number of ether oxygens (including phenoxy) is 4. The number of fused-ring (bicyclic) bond motifs is 2. The summed E-state index contributed by atoms with van der Waals surface area (Å²) in [5, 5.41) is 8.36. The van der Waals surface area contributed by atoms with E-state index in [1.54, 1.807) is 207 Å². The third-order valence-electron chi connectivity index (χ3n) is 23.0. The molecular formula is C91H124Br3F4N9O16S5. The number of benzene rings is 5. The molecule has 11 rings (SSSR count). The van der Waals surface area contributed by atoms with Crippen molar-refractivity contribution in [1.29, 1.82) is 0 Å². The van der Waals surface area contributed by atoms with Crippen LogP contribution in [-0.4, -0.2) is 180 Å². The van der Waals surface area contributed by atoms with E-state index in [0.717, 1.165) is 5.56 Å². The molecule has 6 aliphatic rings. The Balaban J connectivity index is 0.000000213. The first-order valence-electron chi connectivity index (χ1n) is 41.9. The van der Waals surface area contributed by atoms with Gasteiger partial charge in [0, 0.05) is 77.3 Å². The van der Waals surface area contributed by atoms with Crippen LogP contribution in [0.2, 0.25) is 0 Å². The number of hydrogen-bond donors (Lipinski definition) is 2. The van der Waals surface area contributed by atoms with Crippen molar-refractivity contribution in [2.45, 2.75) is 291 Å². The second kappa shape index (κ2) is 38.7. The minimum absolute atomic E-state index is 0.00441. The fourth-order valence-electron chi connectivity index (χ4n) is 16.2. The van der Waals surface area contributed by atoms with Gasteiger partial charge in [0.05, 0.1) is 148 Å². The lowest BCUT2D eigenvalue weighted by Gasteiger charge is -2.45. The first-order valence-corrected chi connectivity index (χ1v) is 52.2. The zero-order valence-electron chi connectivity index (χ0n) is 77.7. The summed E-state index contributed by atoms with van der Waals surface area (Å²) in [5.74, 6) is -4.05. The van der Waals surface area contributed by atoms with E-state index in [4.69, 9.17) is 48.8 Å². The largest absolute Gasteiger partial charge is 0.460 e. The second-order valence-electron chi connectivity index (χ2n) is 39.3. The van der Waals surface area contributed by atoms with Crippen LogP contribution in [0.3, 0.4) is 0 Å². The number of anilines is 1. The van der Waals surface area contributed by atoms with Gasteiger partial charge in [-0.15, -0.1) is 0 Å². The lowest BCUT2D eigenvalue weighted by Crippen LogP contribution is -2.56. The number of esters is 4. The lowest BCUT2D eigenvalue weighted by molar-refractivity contribution is -0.154. The van der Waals surface area contributed by atoms with Crippen LogP contribution in [0.4, 0.5) is 23.2 Å². The molecule has 128 heavy (non-hydrogen) atoms. The number of rotatable bonds is 19. The highest BCUT2D eigenvalue weighted by atomic mass is 79.9. The Kier molecular flexibility index (Phi) is 32.2. The van der Waals surface area contributed by atoms with Gasteiger partial charge in [-0.1, -0.05) is 65.5 Å². The number of hydrogen-bond acceptors (Lipinski definition) is 25. The Morgan fingerprint density at radius 1 is 0.461 bits per heavy atom. The Morgan fingerprint density at radius 3 is 1.10 bits per heavy atom. The molecule has 5 aromatic carbocycles. The summed E-state index contributed by atoms with van der Waals surface area (Å²) < 4.78 is 184. The molecule has 0 saturated carbocycles. The van der Waals surface area contributed by atoms with Crippen molar-refractivity contribution in [3.8, 4) is 0 Å². The molecule has 0 amide bonds. The molecule has 3 N–H and O–H groups in total. The van der Waals surface area contributed by atoms with Crippen molar-refractivity contribution >= 4 is 149 Å². The number of aryl methyl sites for hydroxylation is 1. The van der Waals surface area contributed by atoms with Gasteiger partial charge in [-0.05, 0) is 271 Å². The topological polar surface area (TPSA) is 362 Å². The number of halogens is 7. The highest BCUT2D eigenvalue weighted by Gasteiger charge is 2.60. The van der Waals surface area contributed by atoms with Gasteiger partial charge < -0.3 is 29.8 Å². The molecule has 6 heterocycles. The zero-order chi connectivity index (χ0) is 96.8. The normalized spacial score (nSPS) is 27.3. The first-order chi connectivity index (χ1) is 58.3. The van der Waals surface area contributed by atoms with Crippen LogP contribution in [0, 0.1) is 30.2 Å². The van der Waals surface area contributed by atoms with E-state index in [9.17, 15) is 62.7 Å². The molecular weight excluding hydrogens is 1950 g/mol. The Labute approximate surface area is 779 Å². The van der Waals surface area contributed by atoms with Gasteiger partial charge in [0.1, 0.15) is 56.8 Å². The third kappa shape index (κ3) is 23.7. The Bertz CT molecular complexity index is 5780. The number of carbonyl (C=O) groups excluding carboxylic acids is 4. The van der Waals surface area contributed by atoms with Crippen LogP contribution in [-0.2, 0) is 113 Å². The average Bonchev–Trinajstić information content (AvgIpc) is 1.46. The van der Waals surface area contributed by atoms with Crippen molar-refractivity contribution in [2.75, 3.05) is 56.6 Å². The molecule has 708 valence electrons. The van der Waals surface area contributed by atoms with E-state index >= 15 is 4.39 Å². The zero-order valence-corrected chi connectivity index (χ0v) is 86.5. The van der Waals surface area contributed by atoms with Gasteiger partial charge in [0.15, 0.2) is 0 Å². The van der Waals surface area contributed by atoms with Gasteiger partial charge >= 0.3 is 23.9 Å². The second-order valence-corrected chi connectivity index (χ2v) is 55.3. The number of aliphatic imine (C=N–C) groups is 4. The SMILES string of the molecule is CC(C)(C)OC(=O)CC1=N[C@](C)(c2cc(Br)ccc2F)C[S@@](=O)(=NCCO)C1(C)C.CC(C)(C)OC(=O)CC1=N[C@](C)(c2cc(Br)ccc2F)[C@H]2CCN=[S@@]2(=O)C1(C)C.CC(C)(C)OC(=O)CC1=N[C@](C)(c2cc(N)ccc2F)[C@H]2CCN=[S@@]2(=O)C1(C)C.Cc1ccc(S(=O)(=O)OCCN=[S@]2(=O)C[C@@](C)(c3cc(Br)ccc3F)N=C(CC(=O)OC(C)(C)C)C2(C)C)cc1. The number of nitrogen functional groups attached to an aromatic ring is 1. The summed E-state index contributed by atoms with van der Waals surface area (Å²) in [5.41, 5.74) is 2.33. The van der Waals surface area contributed by atoms with Crippen molar-refractivity contribution in [3.05, 3.63) is 162 Å². The molecule has 5 aromatic rings. The number of nitrogens with zero attached hydrogens (tertiary/aromatic N) is 8. The van der Waals surface area contributed by atoms with Crippen molar-refractivity contribution in [2.24, 2.45) is 37.4 Å². The van der Waals surface area contributed by atoms with E-state index < -0.39 is 170 Å². The summed E-state index contributed by atoms with van der Waals surface area (Å²) in [6, 6.07) is 24.1. The lowest BCUT2D eigenvalue weighted by atomic mass is 9.85. The van der Waals surface area contributed by atoms with Gasteiger partial charge in [-0.2, -0.15) is 8.42 Å². The van der Waals surface area contributed by atoms with Gasteiger partial charge in [-0.3, -0.25) is 43.3 Å². The van der Waals surface area contributed by atoms with Crippen molar-refractivity contribution < 1.29 is 90.2 Å². The first kappa shape index (κ1) is 107. The average molecular weight is 2080 g/mol. The number of aliphatic hydroxyl groups is 1. The minimum atomic E-state index is -4.04. The Hall–Kier alpha value is -6.71. The van der Waals surface area contributed by atoms with Crippen LogP contribution in [0.5, 0.6) is 0 Å².